The van der Waals surface area contributed by atoms with Gasteiger partial charge in [0.25, 0.3) is 5.91 Å². The fourth-order valence-corrected chi connectivity index (χ4v) is 1.85. The third-order valence-electron chi connectivity index (χ3n) is 2.42. The first-order valence-corrected chi connectivity index (χ1v) is 7.00. The molecule has 2 amide bonds. The van der Waals surface area contributed by atoms with E-state index in [1.54, 1.807) is 30.3 Å². The number of furan rings is 1. The lowest BCUT2D eigenvalue weighted by atomic mass is 10.2. The summed E-state index contributed by atoms with van der Waals surface area (Å²) in [4.78, 5) is 23.1. The first-order chi connectivity index (χ1) is 10.1. The Morgan fingerprint density at radius 2 is 2.05 bits per heavy atom. The molecule has 2 N–H and O–H groups in total. The molecule has 0 bridgehead atoms. The van der Waals surface area contributed by atoms with E-state index in [0.717, 1.165) is 10.0 Å². The van der Waals surface area contributed by atoms with Crippen LogP contribution < -0.4 is 10.9 Å². The molecule has 21 heavy (non-hydrogen) atoms. The van der Waals surface area contributed by atoms with Crippen LogP contribution in [0.4, 0.5) is 0 Å². The monoisotopic (exact) mass is 368 g/mol. The smallest absolute Gasteiger partial charge is 0.305 e. The highest BCUT2D eigenvalue weighted by Crippen LogP contribution is 2.23. The van der Waals surface area contributed by atoms with Gasteiger partial charge in [0, 0.05) is 10.5 Å². The van der Waals surface area contributed by atoms with Crippen LogP contribution in [0, 0.1) is 0 Å². The summed E-state index contributed by atoms with van der Waals surface area (Å²) >= 11 is 9.22. The molecule has 0 unspecified atom stereocenters. The van der Waals surface area contributed by atoms with E-state index in [1.807, 2.05) is 0 Å². The quantitative estimate of drug-likeness (QED) is 0.645. The molecule has 1 aromatic heterocycles. The molecule has 2 aromatic rings. The SMILES string of the molecule is O=C(C=Cc1ccc(Br)c(Cl)c1)NNC(=O)c1ccco1. The highest BCUT2D eigenvalue weighted by atomic mass is 79.9. The molecule has 0 fully saturated rings. The molecule has 0 atom stereocenters. The van der Waals surface area contributed by atoms with Gasteiger partial charge in [0.2, 0.25) is 0 Å². The Labute approximate surface area is 134 Å². The average molecular weight is 370 g/mol. The van der Waals surface area contributed by atoms with Crippen LogP contribution in [-0.4, -0.2) is 11.8 Å². The molecule has 5 nitrogen and oxygen atoms in total. The molecule has 108 valence electrons. The summed E-state index contributed by atoms with van der Waals surface area (Å²) < 4.78 is 5.66. The van der Waals surface area contributed by atoms with Crippen molar-refractivity contribution in [2.75, 3.05) is 0 Å². The van der Waals surface area contributed by atoms with Crippen molar-refractivity contribution in [2.45, 2.75) is 0 Å². The van der Waals surface area contributed by atoms with Gasteiger partial charge in [0.15, 0.2) is 5.76 Å². The van der Waals surface area contributed by atoms with Crippen molar-refractivity contribution in [1.29, 1.82) is 0 Å². The summed E-state index contributed by atoms with van der Waals surface area (Å²) in [6.45, 7) is 0. The van der Waals surface area contributed by atoms with Gasteiger partial charge in [-0.1, -0.05) is 17.7 Å². The number of hydrogen-bond donors (Lipinski definition) is 2. The minimum Gasteiger partial charge on any atom is -0.459 e. The number of carbonyl (C=O) groups is 2. The third-order valence-corrected chi connectivity index (χ3v) is 3.65. The molecule has 7 heteroatoms. The molecule has 0 aliphatic rings. The molecular formula is C14H10BrClN2O3. The van der Waals surface area contributed by atoms with E-state index < -0.39 is 11.8 Å². The minimum absolute atomic E-state index is 0.110. The molecule has 0 aliphatic carbocycles. The molecule has 0 spiro atoms. The Bertz CT molecular complexity index is 684. The molecule has 0 saturated carbocycles. The lowest BCUT2D eigenvalue weighted by molar-refractivity contribution is -0.117. The second-order valence-electron chi connectivity index (χ2n) is 3.93. The molecule has 2 rings (SSSR count). The van der Waals surface area contributed by atoms with Crippen LogP contribution in [-0.2, 0) is 4.79 Å². The summed E-state index contributed by atoms with van der Waals surface area (Å²) in [5, 5.41) is 0.545. The van der Waals surface area contributed by atoms with E-state index in [4.69, 9.17) is 16.0 Å². The average Bonchev–Trinajstić information content (AvgIpc) is 3.00. The third kappa shape index (κ3) is 4.47. The van der Waals surface area contributed by atoms with Gasteiger partial charge in [-0.25, -0.2) is 0 Å². The lowest BCUT2D eigenvalue weighted by Crippen LogP contribution is -2.40. The minimum atomic E-state index is -0.534. The van der Waals surface area contributed by atoms with Crippen molar-refractivity contribution in [3.05, 3.63) is 63.5 Å². The topological polar surface area (TPSA) is 71.3 Å². The van der Waals surface area contributed by atoms with Crippen molar-refractivity contribution in [2.24, 2.45) is 0 Å². The first-order valence-electron chi connectivity index (χ1n) is 5.83. The van der Waals surface area contributed by atoms with Gasteiger partial charge >= 0.3 is 5.91 Å². The number of hydrazine groups is 1. The van der Waals surface area contributed by atoms with E-state index in [-0.39, 0.29) is 5.76 Å². The maximum absolute atomic E-state index is 11.6. The van der Waals surface area contributed by atoms with E-state index in [9.17, 15) is 9.59 Å². The lowest BCUT2D eigenvalue weighted by Gasteiger charge is -2.02. The summed E-state index contributed by atoms with van der Waals surface area (Å²) in [5.41, 5.74) is 5.22. The molecule has 0 saturated heterocycles. The largest absolute Gasteiger partial charge is 0.459 e. The Balaban J connectivity index is 1.88. The van der Waals surface area contributed by atoms with Crippen molar-refractivity contribution in [1.82, 2.24) is 10.9 Å². The van der Waals surface area contributed by atoms with E-state index >= 15 is 0 Å². The van der Waals surface area contributed by atoms with Crippen LogP contribution in [0.25, 0.3) is 6.08 Å². The summed E-state index contributed by atoms with van der Waals surface area (Å²) in [6, 6.07) is 8.34. The van der Waals surface area contributed by atoms with Gasteiger partial charge in [-0.3, -0.25) is 20.4 Å². The van der Waals surface area contributed by atoms with Gasteiger partial charge in [-0.15, -0.1) is 0 Å². The normalized spacial score (nSPS) is 10.6. The van der Waals surface area contributed by atoms with Crippen molar-refractivity contribution in [3.63, 3.8) is 0 Å². The van der Waals surface area contributed by atoms with Gasteiger partial charge in [0.1, 0.15) is 0 Å². The molecule has 0 aliphatic heterocycles. The maximum Gasteiger partial charge on any atom is 0.305 e. The highest BCUT2D eigenvalue weighted by Gasteiger charge is 2.08. The maximum atomic E-state index is 11.6. The zero-order valence-corrected chi connectivity index (χ0v) is 12.9. The molecule has 0 radical (unpaired) electrons. The molecular weight excluding hydrogens is 360 g/mol. The Hall–Kier alpha value is -2.05. The zero-order valence-electron chi connectivity index (χ0n) is 10.6. The van der Waals surface area contributed by atoms with Crippen LogP contribution in [0.5, 0.6) is 0 Å². The molecule has 1 aromatic carbocycles. The number of rotatable bonds is 3. The van der Waals surface area contributed by atoms with Crippen LogP contribution in [0.1, 0.15) is 16.1 Å². The predicted molar refractivity (Wildman–Crippen MR) is 82.5 cm³/mol. The van der Waals surface area contributed by atoms with Crippen molar-refractivity contribution < 1.29 is 14.0 Å². The second kappa shape index (κ2) is 7.10. The number of amides is 2. The van der Waals surface area contributed by atoms with Crippen LogP contribution >= 0.6 is 27.5 Å². The van der Waals surface area contributed by atoms with Crippen LogP contribution in [0.3, 0.4) is 0 Å². The van der Waals surface area contributed by atoms with Gasteiger partial charge in [-0.2, -0.15) is 0 Å². The highest BCUT2D eigenvalue weighted by molar-refractivity contribution is 9.10. The van der Waals surface area contributed by atoms with Crippen LogP contribution in [0.2, 0.25) is 5.02 Å². The Morgan fingerprint density at radius 3 is 2.71 bits per heavy atom. The summed E-state index contributed by atoms with van der Waals surface area (Å²) in [5.74, 6) is -0.902. The van der Waals surface area contributed by atoms with Gasteiger partial charge in [0.05, 0.1) is 11.3 Å². The fourth-order valence-electron chi connectivity index (χ4n) is 1.42. The number of carbonyl (C=O) groups excluding carboxylic acids is 2. The first kappa shape index (κ1) is 15.3. The summed E-state index contributed by atoms with van der Waals surface area (Å²) in [6.07, 6.45) is 4.22. The fraction of sp³-hybridized carbons (Fsp3) is 0. The standard InChI is InChI=1S/C14H10BrClN2O3/c15-10-5-3-9(8-11(10)16)4-6-13(19)17-18-14(20)12-2-1-7-21-12/h1-8H,(H,17,19)(H,18,20). The second-order valence-corrected chi connectivity index (χ2v) is 5.19. The van der Waals surface area contributed by atoms with Crippen molar-refractivity contribution >= 4 is 45.4 Å². The van der Waals surface area contributed by atoms with Crippen molar-refractivity contribution in [3.8, 4) is 0 Å². The Morgan fingerprint density at radius 1 is 1.24 bits per heavy atom. The summed E-state index contributed by atoms with van der Waals surface area (Å²) in [7, 11) is 0. The van der Waals surface area contributed by atoms with E-state index in [0.29, 0.717) is 5.02 Å². The van der Waals surface area contributed by atoms with E-state index in [2.05, 4.69) is 26.8 Å². The zero-order chi connectivity index (χ0) is 15.2. The number of nitrogens with one attached hydrogen (secondary N) is 2. The number of halogens is 2. The Kier molecular flexibility index (Phi) is 5.19. The van der Waals surface area contributed by atoms with Gasteiger partial charge < -0.3 is 4.42 Å². The molecule has 1 heterocycles. The number of hydrogen-bond acceptors (Lipinski definition) is 3. The number of benzene rings is 1. The van der Waals surface area contributed by atoms with E-state index in [1.165, 1.54) is 18.4 Å². The predicted octanol–water partition coefficient (Wildman–Crippen LogP) is 3.17. The van der Waals surface area contributed by atoms with Crippen LogP contribution in [0.15, 0.2) is 51.6 Å². The van der Waals surface area contributed by atoms with Gasteiger partial charge in [-0.05, 0) is 51.8 Å².